The second-order valence-electron chi connectivity index (χ2n) is 2.87. The van der Waals surface area contributed by atoms with E-state index in [0.717, 1.165) is 0 Å². The molecular weight excluding hydrogens is 240 g/mol. The average Bonchev–Trinajstić information content (AvgIpc) is 2.18. The van der Waals surface area contributed by atoms with E-state index < -0.39 is 28.7 Å². The van der Waals surface area contributed by atoms with Crippen LogP contribution in [0.25, 0.3) is 0 Å². The summed E-state index contributed by atoms with van der Waals surface area (Å²) in [6.45, 7) is 0. The van der Waals surface area contributed by atoms with Crippen molar-refractivity contribution in [3.8, 4) is 0 Å². The van der Waals surface area contributed by atoms with Crippen LogP contribution < -0.4 is 4.98 Å². The summed E-state index contributed by atoms with van der Waals surface area (Å²) < 4.78 is 52.1. The van der Waals surface area contributed by atoms with Crippen molar-refractivity contribution in [1.82, 2.24) is 0 Å². The predicted molar refractivity (Wildman–Crippen MR) is 52.8 cm³/mol. The van der Waals surface area contributed by atoms with Crippen molar-refractivity contribution in [3.63, 3.8) is 0 Å². The second kappa shape index (κ2) is 8.12. The Morgan fingerprint density at radius 1 is 1.19 bits per heavy atom. The third kappa shape index (κ3) is 12.9. The van der Waals surface area contributed by atoms with Crippen molar-refractivity contribution in [3.05, 3.63) is 30.6 Å². The molecule has 0 atom stereocenters. The minimum absolute atomic E-state index is 0.260. The molecule has 1 heterocycles. The smallest absolute Gasteiger partial charge is 0.238 e. The van der Waals surface area contributed by atoms with Crippen LogP contribution in [0.4, 0.5) is 8.78 Å². The fourth-order valence-corrected chi connectivity index (χ4v) is 1.28. The van der Waals surface area contributed by atoms with Crippen LogP contribution in [0.15, 0.2) is 30.6 Å². The van der Waals surface area contributed by atoms with Crippen molar-refractivity contribution >= 4 is 10.1 Å². The maximum absolute atomic E-state index is 11.3. The summed E-state index contributed by atoms with van der Waals surface area (Å²) in [7, 11) is -4.30. The first kappa shape index (κ1) is 14.9. The van der Waals surface area contributed by atoms with Gasteiger partial charge in [0.2, 0.25) is 6.43 Å². The van der Waals surface area contributed by atoms with Gasteiger partial charge in [-0.2, -0.15) is 0 Å². The van der Waals surface area contributed by atoms with E-state index in [1.165, 1.54) is 0 Å². The summed E-state index contributed by atoms with van der Waals surface area (Å²) in [6.07, 6.45) is 0.437. The third-order valence-electron chi connectivity index (χ3n) is 1.42. The summed E-state index contributed by atoms with van der Waals surface area (Å²) in [5.41, 5.74) is 0. The van der Waals surface area contributed by atoms with Crippen molar-refractivity contribution in [2.75, 3.05) is 5.75 Å². The minimum atomic E-state index is -4.30. The van der Waals surface area contributed by atoms with Gasteiger partial charge in [0, 0.05) is 24.3 Å². The van der Waals surface area contributed by atoms with E-state index in [0.29, 0.717) is 0 Å². The van der Waals surface area contributed by atoms with Crippen molar-refractivity contribution in [2.45, 2.75) is 19.3 Å². The monoisotopic (exact) mass is 253 g/mol. The highest BCUT2D eigenvalue weighted by molar-refractivity contribution is 7.85. The highest BCUT2D eigenvalue weighted by Gasteiger charge is 2.02. The molecule has 92 valence electrons. The number of halogens is 2. The Hall–Kier alpha value is -1.08. The molecule has 16 heavy (non-hydrogen) atoms. The van der Waals surface area contributed by atoms with Crippen LogP contribution in [0.3, 0.4) is 0 Å². The first-order chi connectivity index (χ1) is 7.42. The molecule has 0 saturated carbocycles. The molecule has 0 aliphatic rings. The van der Waals surface area contributed by atoms with Crippen molar-refractivity contribution < 1.29 is 26.7 Å². The van der Waals surface area contributed by atoms with Gasteiger partial charge in [0.05, 0.1) is 10.1 Å². The highest BCUT2D eigenvalue weighted by Crippen LogP contribution is 2.03. The summed E-state index contributed by atoms with van der Waals surface area (Å²) in [5, 5.41) is 0. The number of pyridine rings is 1. The number of alkyl halides is 2. The van der Waals surface area contributed by atoms with Gasteiger partial charge in [0.15, 0.2) is 12.4 Å². The number of hydrogen-bond acceptors (Lipinski definition) is 3. The second-order valence-corrected chi connectivity index (χ2v) is 4.40. The molecule has 0 spiro atoms. The van der Waals surface area contributed by atoms with Gasteiger partial charge >= 0.3 is 0 Å². The van der Waals surface area contributed by atoms with Crippen LogP contribution in [0.5, 0.6) is 0 Å². The lowest BCUT2D eigenvalue weighted by Gasteiger charge is -2.04. The predicted octanol–water partition coefficient (Wildman–Crippen LogP) is 1.08. The van der Waals surface area contributed by atoms with Crippen molar-refractivity contribution in [2.24, 2.45) is 0 Å². The molecule has 0 bridgehead atoms. The summed E-state index contributed by atoms with van der Waals surface area (Å²) in [6, 6.07) is 5.86. The SMILES string of the molecule is O=S(=O)([O-])CCCC(F)F.c1cc[nH+]cc1. The van der Waals surface area contributed by atoms with Crippen LogP contribution in [0.1, 0.15) is 12.8 Å². The zero-order valence-electron chi connectivity index (χ0n) is 8.47. The van der Waals surface area contributed by atoms with Gasteiger partial charge in [0.25, 0.3) is 0 Å². The molecule has 1 N–H and O–H groups in total. The number of hydrogen-bond donors (Lipinski definition) is 0. The molecule has 0 aromatic carbocycles. The Balaban J connectivity index is 0.000000315. The van der Waals surface area contributed by atoms with E-state index in [-0.39, 0.29) is 6.42 Å². The molecule has 1 aromatic heterocycles. The molecule has 0 aliphatic heterocycles. The molecule has 0 saturated heterocycles. The number of nitrogens with one attached hydrogen (secondary N) is 1. The van der Waals surface area contributed by atoms with E-state index in [9.17, 15) is 21.8 Å². The van der Waals surface area contributed by atoms with Gasteiger partial charge in [-0.25, -0.2) is 22.2 Å². The molecular formula is C9H13F2NO3S. The van der Waals surface area contributed by atoms with E-state index >= 15 is 0 Å². The molecule has 7 heteroatoms. The zero-order chi connectivity index (χ0) is 12.4. The first-order valence-corrected chi connectivity index (χ1v) is 6.12. The number of rotatable bonds is 4. The average molecular weight is 253 g/mol. The van der Waals surface area contributed by atoms with Gasteiger partial charge in [0.1, 0.15) is 0 Å². The Bertz CT molecular complexity index is 330. The van der Waals surface area contributed by atoms with Gasteiger partial charge in [-0.1, -0.05) is 6.07 Å². The first-order valence-electron chi connectivity index (χ1n) is 4.54. The number of aromatic amines is 1. The lowest BCUT2D eigenvalue weighted by molar-refractivity contribution is -0.377. The van der Waals surface area contributed by atoms with Gasteiger partial charge in [-0.3, -0.25) is 0 Å². The minimum Gasteiger partial charge on any atom is -0.748 e. The topological polar surface area (TPSA) is 71.3 Å². The maximum Gasteiger partial charge on any atom is 0.238 e. The standard InChI is InChI=1S/C5H5N.C4H8F2O3S/c1-2-4-6-5-3-1;5-4(6)2-1-3-10(7,8)9/h1-5H;4H,1-3H2,(H,7,8,9). The molecule has 4 nitrogen and oxygen atoms in total. The Morgan fingerprint density at radius 3 is 2.00 bits per heavy atom. The van der Waals surface area contributed by atoms with Crippen molar-refractivity contribution in [1.29, 1.82) is 0 Å². The van der Waals surface area contributed by atoms with Gasteiger partial charge in [-0.05, 0) is 6.42 Å². The number of H-pyrrole nitrogens is 1. The summed E-state index contributed by atoms with van der Waals surface area (Å²) >= 11 is 0. The van der Waals surface area contributed by atoms with E-state index in [1.807, 2.05) is 30.6 Å². The third-order valence-corrected chi connectivity index (χ3v) is 2.21. The zero-order valence-corrected chi connectivity index (χ0v) is 9.29. The quantitative estimate of drug-likeness (QED) is 0.754. The van der Waals surface area contributed by atoms with Crippen LogP contribution >= 0.6 is 0 Å². The molecule has 0 aliphatic carbocycles. The largest absolute Gasteiger partial charge is 0.748 e. The lowest BCUT2D eigenvalue weighted by atomic mass is 10.4. The summed E-state index contributed by atoms with van der Waals surface area (Å²) in [4.78, 5) is 2.89. The normalized spacial score (nSPS) is 10.8. The fourth-order valence-electron chi connectivity index (χ4n) is 0.756. The van der Waals surface area contributed by atoms with E-state index in [4.69, 9.17) is 0 Å². The molecule has 0 radical (unpaired) electrons. The number of aromatic nitrogens is 1. The van der Waals surface area contributed by atoms with Gasteiger partial charge in [-0.15, -0.1) is 0 Å². The summed E-state index contributed by atoms with van der Waals surface area (Å²) in [5.74, 6) is -0.697. The van der Waals surface area contributed by atoms with Crippen LogP contribution in [-0.2, 0) is 10.1 Å². The Morgan fingerprint density at radius 2 is 1.75 bits per heavy atom. The highest BCUT2D eigenvalue weighted by atomic mass is 32.2. The van der Waals surface area contributed by atoms with Crippen LogP contribution in [0.2, 0.25) is 0 Å². The molecule has 0 amide bonds. The molecule has 1 aromatic rings. The lowest BCUT2D eigenvalue weighted by Crippen LogP contribution is -2.05. The van der Waals surface area contributed by atoms with Crippen LogP contribution in [-0.4, -0.2) is 25.1 Å². The van der Waals surface area contributed by atoms with E-state index in [2.05, 4.69) is 4.98 Å². The molecule has 0 unspecified atom stereocenters. The van der Waals surface area contributed by atoms with Crippen LogP contribution in [0, 0.1) is 0 Å². The molecule has 0 fully saturated rings. The van der Waals surface area contributed by atoms with Gasteiger partial charge < -0.3 is 4.55 Å². The molecule has 1 rings (SSSR count). The van der Waals surface area contributed by atoms with E-state index in [1.54, 1.807) is 0 Å². The Labute approximate surface area is 93.1 Å². The maximum atomic E-state index is 11.3. The Kier molecular flexibility index (Phi) is 7.57. The fraction of sp³-hybridized carbons (Fsp3) is 0.444.